The fourth-order valence-corrected chi connectivity index (χ4v) is 4.83. The van der Waals surface area contributed by atoms with Crippen LogP contribution < -0.4 is 5.73 Å². The Morgan fingerprint density at radius 2 is 1.93 bits per heavy atom. The Balaban J connectivity index is 0.00000261. The monoisotopic (exact) mass is 406 g/mol. The number of halogens is 4. The summed E-state index contributed by atoms with van der Waals surface area (Å²) in [5.41, 5.74) is 6.18. The van der Waals surface area contributed by atoms with Crippen molar-refractivity contribution in [3.8, 4) is 0 Å². The molecule has 1 aromatic carbocycles. The van der Waals surface area contributed by atoms with Crippen LogP contribution >= 0.6 is 12.4 Å². The van der Waals surface area contributed by atoms with E-state index in [1.54, 1.807) is 25.3 Å². The molecule has 1 heterocycles. The maximum Gasteiger partial charge on any atom is 0.390 e. The molecule has 0 aromatic heterocycles. The quantitative estimate of drug-likeness (QED) is 0.810. The molecule has 2 aliphatic rings. The summed E-state index contributed by atoms with van der Waals surface area (Å²) >= 11 is 0. The van der Waals surface area contributed by atoms with E-state index in [-0.39, 0.29) is 30.8 Å². The van der Waals surface area contributed by atoms with E-state index in [9.17, 15) is 18.0 Å². The third-order valence-corrected chi connectivity index (χ3v) is 5.92. The molecule has 1 aromatic rings. The van der Waals surface area contributed by atoms with Gasteiger partial charge in [-0.25, -0.2) is 0 Å². The predicted molar refractivity (Wildman–Crippen MR) is 98.8 cm³/mol. The normalized spacial score (nSPS) is 28.4. The molecule has 2 bridgehead atoms. The zero-order valence-corrected chi connectivity index (χ0v) is 16.1. The minimum absolute atomic E-state index is 0. The van der Waals surface area contributed by atoms with Gasteiger partial charge in [-0.3, -0.25) is 4.79 Å². The van der Waals surface area contributed by atoms with Crippen molar-refractivity contribution < 1.29 is 22.7 Å². The molecule has 1 aliphatic heterocycles. The molecule has 8 heteroatoms. The Kier molecular flexibility index (Phi) is 6.81. The summed E-state index contributed by atoms with van der Waals surface area (Å²) in [6.45, 7) is 1.17. The Labute approximate surface area is 163 Å². The minimum Gasteiger partial charge on any atom is -0.373 e. The Hall–Kier alpha value is -1.31. The lowest BCUT2D eigenvalue weighted by Crippen LogP contribution is -2.59. The summed E-state index contributed by atoms with van der Waals surface area (Å²) in [6.07, 6.45) is -2.09. The van der Waals surface area contributed by atoms with Gasteiger partial charge in [0.25, 0.3) is 0 Å². The van der Waals surface area contributed by atoms with Crippen molar-refractivity contribution in [2.24, 2.45) is 17.6 Å². The number of fused-ring (bicyclic) bond motifs is 2. The van der Waals surface area contributed by atoms with Crippen molar-refractivity contribution in [2.75, 3.05) is 26.7 Å². The van der Waals surface area contributed by atoms with Gasteiger partial charge in [0.1, 0.15) is 5.60 Å². The highest BCUT2D eigenvalue weighted by molar-refractivity contribution is 5.92. The Morgan fingerprint density at radius 1 is 1.30 bits per heavy atom. The molecule has 4 nitrogen and oxygen atoms in total. The second kappa shape index (κ2) is 8.37. The molecule has 1 saturated carbocycles. The number of piperidine rings is 1. The average molecular weight is 407 g/mol. The fourth-order valence-electron chi connectivity index (χ4n) is 4.83. The molecule has 1 saturated heterocycles. The highest BCUT2D eigenvalue weighted by Crippen LogP contribution is 2.51. The summed E-state index contributed by atoms with van der Waals surface area (Å²) in [4.78, 5) is 13.5. The first-order valence-corrected chi connectivity index (χ1v) is 9.01. The molecular weight excluding hydrogens is 381 g/mol. The summed E-state index contributed by atoms with van der Waals surface area (Å²) < 4.78 is 43.9. The summed E-state index contributed by atoms with van der Waals surface area (Å²) in [5, 5.41) is 0. The van der Waals surface area contributed by atoms with Crippen LogP contribution in [0, 0.1) is 11.8 Å². The van der Waals surface area contributed by atoms with Crippen LogP contribution in [0.25, 0.3) is 0 Å². The zero-order chi connectivity index (χ0) is 18.9. The number of carbonyl (C=O) groups excluding carboxylic acids is 1. The molecule has 1 amide bonds. The molecule has 1 aliphatic carbocycles. The maximum absolute atomic E-state index is 12.6. The zero-order valence-electron chi connectivity index (χ0n) is 15.3. The number of primary amides is 1. The van der Waals surface area contributed by atoms with Crippen LogP contribution in [0.2, 0.25) is 0 Å². The number of nitrogens with two attached hydrogens (primary N) is 1. The van der Waals surface area contributed by atoms with Gasteiger partial charge in [0, 0.05) is 44.1 Å². The van der Waals surface area contributed by atoms with Crippen molar-refractivity contribution in [3.05, 3.63) is 35.4 Å². The van der Waals surface area contributed by atoms with Gasteiger partial charge >= 0.3 is 6.18 Å². The maximum atomic E-state index is 12.6. The van der Waals surface area contributed by atoms with E-state index >= 15 is 0 Å². The summed E-state index contributed by atoms with van der Waals surface area (Å²) in [7, 11) is 1.66. The molecule has 0 unspecified atom stereocenters. The van der Waals surface area contributed by atoms with Crippen molar-refractivity contribution in [1.82, 2.24) is 4.90 Å². The number of alkyl halides is 3. The van der Waals surface area contributed by atoms with Gasteiger partial charge in [-0.1, -0.05) is 18.6 Å². The number of carbonyl (C=O) groups is 1. The Morgan fingerprint density at radius 3 is 2.44 bits per heavy atom. The average Bonchev–Trinajstić information content (AvgIpc) is 2.58. The predicted octanol–water partition coefficient (Wildman–Crippen LogP) is 3.73. The SMILES string of the molecule is CO[C@]1(c2cccc(C(N)=O)c2)[C@@H]2CCC[C@H]1CN(CCC(F)(F)F)C2.Cl. The molecule has 3 atom stereocenters. The van der Waals surface area contributed by atoms with Crippen molar-refractivity contribution in [1.29, 1.82) is 0 Å². The highest BCUT2D eigenvalue weighted by Gasteiger charge is 2.53. The second-order valence-corrected chi connectivity index (χ2v) is 7.39. The van der Waals surface area contributed by atoms with E-state index in [4.69, 9.17) is 10.5 Å². The van der Waals surface area contributed by atoms with E-state index in [1.807, 2.05) is 11.0 Å². The van der Waals surface area contributed by atoms with Crippen LogP contribution in [0.4, 0.5) is 13.2 Å². The van der Waals surface area contributed by atoms with Gasteiger partial charge in [-0.2, -0.15) is 13.2 Å². The topological polar surface area (TPSA) is 55.6 Å². The molecule has 0 spiro atoms. The largest absolute Gasteiger partial charge is 0.390 e. The third-order valence-electron chi connectivity index (χ3n) is 5.92. The van der Waals surface area contributed by atoms with Crippen molar-refractivity contribution in [3.63, 3.8) is 0 Å². The second-order valence-electron chi connectivity index (χ2n) is 7.39. The molecule has 0 radical (unpaired) electrons. The number of likely N-dealkylation sites (tertiary alicyclic amines) is 1. The number of amides is 1. The molecule has 2 N–H and O–H groups in total. The lowest BCUT2D eigenvalue weighted by molar-refractivity contribution is -0.177. The highest BCUT2D eigenvalue weighted by atomic mass is 35.5. The molecular formula is C19H26ClF3N2O2. The number of nitrogens with zero attached hydrogens (tertiary/aromatic N) is 1. The van der Waals surface area contributed by atoms with E-state index in [1.165, 1.54) is 0 Å². The van der Waals surface area contributed by atoms with Gasteiger partial charge in [-0.15, -0.1) is 12.4 Å². The lowest BCUT2D eigenvalue weighted by atomic mass is 9.62. The van der Waals surface area contributed by atoms with Crippen LogP contribution in [0.3, 0.4) is 0 Å². The molecule has 27 heavy (non-hydrogen) atoms. The first kappa shape index (κ1) is 22.0. The van der Waals surface area contributed by atoms with Crippen molar-refractivity contribution >= 4 is 18.3 Å². The molecule has 3 rings (SSSR count). The number of rotatable bonds is 5. The van der Waals surface area contributed by atoms with E-state index in [2.05, 4.69) is 0 Å². The summed E-state index contributed by atoms with van der Waals surface area (Å²) in [5.74, 6) is -0.307. The van der Waals surface area contributed by atoms with Crippen LogP contribution in [0.1, 0.15) is 41.6 Å². The van der Waals surface area contributed by atoms with Crippen LogP contribution in [0.15, 0.2) is 24.3 Å². The molecule has 2 fully saturated rings. The molecule has 152 valence electrons. The third kappa shape index (κ3) is 4.41. The van der Waals surface area contributed by atoms with Crippen LogP contribution in [0.5, 0.6) is 0 Å². The van der Waals surface area contributed by atoms with Crippen LogP contribution in [-0.2, 0) is 10.3 Å². The van der Waals surface area contributed by atoms with Gasteiger partial charge in [0.15, 0.2) is 0 Å². The minimum atomic E-state index is -4.14. The number of ether oxygens (including phenoxy) is 1. The summed E-state index contributed by atoms with van der Waals surface area (Å²) in [6, 6.07) is 7.18. The number of methoxy groups -OCH3 is 1. The van der Waals surface area contributed by atoms with Gasteiger partial charge < -0.3 is 15.4 Å². The standard InChI is InChI=1S/C19H25F3N2O2.ClH/c1-26-19(14-5-2-4-13(10-14)17(23)25)15-6-3-7-16(19)12-24(11-15)9-8-18(20,21)22;/h2,4-5,10,15-16H,3,6-9,11-12H2,1H3,(H2,23,25);1H/t15-,16+,19-;. The smallest absolute Gasteiger partial charge is 0.373 e. The van der Waals surface area contributed by atoms with Gasteiger partial charge in [0.2, 0.25) is 5.91 Å². The number of benzene rings is 1. The van der Waals surface area contributed by atoms with Crippen molar-refractivity contribution in [2.45, 2.75) is 37.5 Å². The van der Waals surface area contributed by atoms with E-state index in [0.717, 1.165) is 24.8 Å². The van der Waals surface area contributed by atoms with E-state index in [0.29, 0.717) is 18.7 Å². The van der Waals surface area contributed by atoms with Gasteiger partial charge in [0.05, 0.1) is 6.42 Å². The number of hydrogen-bond acceptors (Lipinski definition) is 3. The fraction of sp³-hybridized carbons (Fsp3) is 0.632. The number of hydrogen-bond donors (Lipinski definition) is 1. The first-order chi connectivity index (χ1) is 12.3. The lowest BCUT2D eigenvalue weighted by Gasteiger charge is -2.55. The van der Waals surface area contributed by atoms with Crippen LogP contribution in [-0.4, -0.2) is 43.7 Å². The van der Waals surface area contributed by atoms with Gasteiger partial charge in [-0.05, 0) is 30.5 Å². The first-order valence-electron chi connectivity index (χ1n) is 9.01. The Bertz CT molecular complexity index is 655. The van der Waals surface area contributed by atoms with E-state index < -0.39 is 24.1 Å².